The summed E-state index contributed by atoms with van der Waals surface area (Å²) in [6.07, 6.45) is -9.74. The number of anilines is 1. The van der Waals surface area contributed by atoms with Crippen molar-refractivity contribution in [3.8, 4) is 5.75 Å². The van der Waals surface area contributed by atoms with Gasteiger partial charge in [0.2, 0.25) is 0 Å². The highest BCUT2D eigenvalue weighted by Crippen LogP contribution is 2.45. The summed E-state index contributed by atoms with van der Waals surface area (Å²) in [6.45, 7) is 5.66. The molecule has 0 spiro atoms. The van der Waals surface area contributed by atoms with Crippen LogP contribution in [0.15, 0.2) is 36.4 Å². The minimum atomic E-state index is -5.04. The van der Waals surface area contributed by atoms with E-state index in [9.17, 15) is 31.1 Å². The number of hydrogen-bond acceptors (Lipinski definition) is 3. The van der Waals surface area contributed by atoms with Gasteiger partial charge in [0.1, 0.15) is 5.75 Å². The molecular formula is C25H24F6N2O3. The first-order valence-corrected chi connectivity index (χ1v) is 11.1. The van der Waals surface area contributed by atoms with Crippen molar-refractivity contribution in [3.05, 3.63) is 58.8 Å². The van der Waals surface area contributed by atoms with Crippen LogP contribution in [0.3, 0.4) is 0 Å². The van der Waals surface area contributed by atoms with Crippen molar-refractivity contribution >= 4 is 22.6 Å². The lowest BCUT2D eigenvalue weighted by molar-refractivity contribution is -0.143. The Labute approximate surface area is 203 Å². The van der Waals surface area contributed by atoms with E-state index < -0.39 is 46.9 Å². The van der Waals surface area contributed by atoms with Crippen LogP contribution in [-0.4, -0.2) is 23.3 Å². The smallest absolute Gasteiger partial charge is 0.416 e. The van der Waals surface area contributed by atoms with E-state index in [0.717, 1.165) is 5.56 Å². The molecule has 36 heavy (non-hydrogen) atoms. The van der Waals surface area contributed by atoms with Crippen molar-refractivity contribution in [2.75, 3.05) is 12.4 Å². The van der Waals surface area contributed by atoms with Gasteiger partial charge < -0.3 is 14.8 Å². The molecule has 0 saturated heterocycles. The van der Waals surface area contributed by atoms with E-state index in [4.69, 9.17) is 9.47 Å². The van der Waals surface area contributed by atoms with Crippen LogP contribution in [0.5, 0.6) is 5.75 Å². The minimum Gasteiger partial charge on any atom is -0.496 e. The number of carbonyl (C=O) groups excluding carboxylic acids is 1. The number of aromatic nitrogens is 1. The maximum atomic E-state index is 13.5. The van der Waals surface area contributed by atoms with Gasteiger partial charge in [-0.05, 0) is 56.2 Å². The van der Waals surface area contributed by atoms with Gasteiger partial charge in [0.15, 0.2) is 0 Å². The van der Waals surface area contributed by atoms with Gasteiger partial charge in [0, 0.05) is 17.5 Å². The monoisotopic (exact) mass is 514 g/mol. The number of hydrogen-bond donors (Lipinski definition) is 1. The second-order valence-electron chi connectivity index (χ2n) is 9.23. The standard InChI is InChI=1S/C25H24F6N2O3/c1-5-18-21-16(12-23(2,3)36-18)20-17(7-6-8-19(20)35-4)33(21)22(34)32-15-10-13(24(26,27)28)9-14(11-15)25(29,30)31/h6-11,18H,5,12H2,1-4H3,(H,32,34)/t18-/m0/s1. The highest BCUT2D eigenvalue weighted by atomic mass is 19.4. The van der Waals surface area contributed by atoms with Gasteiger partial charge in [-0.15, -0.1) is 0 Å². The minimum absolute atomic E-state index is 0.0104. The predicted octanol–water partition coefficient (Wildman–Crippen LogP) is 7.57. The Morgan fingerprint density at radius 2 is 1.72 bits per heavy atom. The van der Waals surface area contributed by atoms with Crippen LogP contribution < -0.4 is 10.1 Å². The van der Waals surface area contributed by atoms with Crippen molar-refractivity contribution in [1.82, 2.24) is 4.57 Å². The first kappa shape index (κ1) is 25.9. The van der Waals surface area contributed by atoms with Crippen LogP contribution in [0, 0.1) is 0 Å². The third-order valence-corrected chi connectivity index (χ3v) is 6.10. The molecule has 0 saturated carbocycles. The molecule has 4 rings (SSSR count). The Hall–Kier alpha value is -3.21. The summed E-state index contributed by atoms with van der Waals surface area (Å²) < 4.78 is 92.9. The molecule has 1 aliphatic heterocycles. The lowest BCUT2D eigenvalue weighted by atomic mass is 9.90. The van der Waals surface area contributed by atoms with Gasteiger partial charge in [-0.1, -0.05) is 13.0 Å². The molecule has 3 aromatic rings. The summed E-state index contributed by atoms with van der Waals surface area (Å²) >= 11 is 0. The molecular weight excluding hydrogens is 490 g/mol. The molecule has 1 amide bonds. The van der Waals surface area contributed by atoms with Gasteiger partial charge in [-0.2, -0.15) is 26.3 Å². The van der Waals surface area contributed by atoms with Crippen LogP contribution in [-0.2, 0) is 23.5 Å². The van der Waals surface area contributed by atoms with Gasteiger partial charge in [0.05, 0.1) is 41.2 Å². The second-order valence-corrected chi connectivity index (χ2v) is 9.23. The quantitative estimate of drug-likeness (QED) is 0.367. The predicted molar refractivity (Wildman–Crippen MR) is 121 cm³/mol. The maximum absolute atomic E-state index is 13.5. The molecule has 2 heterocycles. The molecule has 1 aromatic heterocycles. The average Bonchev–Trinajstić information content (AvgIpc) is 3.10. The van der Waals surface area contributed by atoms with Gasteiger partial charge in [-0.25, -0.2) is 4.79 Å². The number of carbonyl (C=O) groups is 1. The molecule has 0 bridgehead atoms. The third-order valence-electron chi connectivity index (χ3n) is 6.10. The lowest BCUT2D eigenvalue weighted by Gasteiger charge is -2.36. The molecule has 5 nitrogen and oxygen atoms in total. The Kier molecular flexibility index (Phi) is 6.27. The van der Waals surface area contributed by atoms with E-state index in [2.05, 4.69) is 5.32 Å². The fourth-order valence-electron chi connectivity index (χ4n) is 4.70. The number of halogens is 6. The van der Waals surface area contributed by atoms with Crippen LogP contribution in [0.1, 0.15) is 55.7 Å². The van der Waals surface area contributed by atoms with Crippen molar-refractivity contribution < 1.29 is 40.6 Å². The second kappa shape index (κ2) is 8.72. The summed E-state index contributed by atoms with van der Waals surface area (Å²) in [5.41, 5.74) is -2.59. The van der Waals surface area contributed by atoms with E-state index in [1.807, 2.05) is 20.8 Å². The Morgan fingerprint density at radius 3 is 2.25 bits per heavy atom. The molecule has 1 aliphatic rings. The first-order chi connectivity index (χ1) is 16.7. The zero-order valence-corrected chi connectivity index (χ0v) is 19.9. The summed E-state index contributed by atoms with van der Waals surface area (Å²) in [5, 5.41) is 2.88. The zero-order valence-electron chi connectivity index (χ0n) is 19.9. The highest BCUT2D eigenvalue weighted by Gasteiger charge is 2.40. The van der Waals surface area contributed by atoms with E-state index in [1.54, 1.807) is 18.2 Å². The van der Waals surface area contributed by atoms with Crippen LogP contribution in [0.25, 0.3) is 10.9 Å². The summed E-state index contributed by atoms with van der Waals surface area (Å²) in [7, 11) is 1.47. The normalized spacial score (nSPS) is 17.7. The van der Waals surface area contributed by atoms with Crippen LogP contribution >= 0.6 is 0 Å². The molecule has 0 aliphatic carbocycles. The van der Waals surface area contributed by atoms with Gasteiger partial charge in [0.25, 0.3) is 0 Å². The molecule has 1 N–H and O–H groups in total. The zero-order chi connectivity index (χ0) is 26.6. The number of rotatable bonds is 3. The van der Waals surface area contributed by atoms with Crippen molar-refractivity contribution in [3.63, 3.8) is 0 Å². The Balaban J connectivity index is 1.90. The van der Waals surface area contributed by atoms with Crippen LogP contribution in [0.4, 0.5) is 36.8 Å². The number of amides is 1. The fraction of sp³-hybridized carbons (Fsp3) is 0.400. The van der Waals surface area contributed by atoms with Crippen LogP contribution in [0.2, 0.25) is 0 Å². The van der Waals surface area contributed by atoms with E-state index >= 15 is 0 Å². The van der Waals surface area contributed by atoms with E-state index in [0.29, 0.717) is 47.3 Å². The number of nitrogens with zero attached hydrogens (tertiary/aromatic N) is 1. The fourth-order valence-corrected chi connectivity index (χ4v) is 4.70. The summed E-state index contributed by atoms with van der Waals surface area (Å²) in [4.78, 5) is 13.5. The molecule has 11 heteroatoms. The topological polar surface area (TPSA) is 52.5 Å². The number of alkyl halides is 6. The first-order valence-electron chi connectivity index (χ1n) is 11.1. The van der Waals surface area contributed by atoms with Crippen molar-refractivity contribution in [2.45, 2.75) is 57.7 Å². The number of fused-ring (bicyclic) bond motifs is 3. The molecule has 0 unspecified atom stereocenters. The number of ether oxygens (including phenoxy) is 2. The van der Waals surface area contributed by atoms with Crippen molar-refractivity contribution in [1.29, 1.82) is 0 Å². The van der Waals surface area contributed by atoms with Crippen molar-refractivity contribution in [2.24, 2.45) is 0 Å². The number of nitrogens with one attached hydrogen (secondary N) is 1. The average molecular weight is 514 g/mol. The summed E-state index contributed by atoms with van der Waals surface area (Å²) in [6, 6.07) is 5.06. The molecule has 194 valence electrons. The van der Waals surface area contributed by atoms with Gasteiger partial charge in [-0.3, -0.25) is 4.57 Å². The van der Waals surface area contributed by atoms with E-state index in [1.165, 1.54) is 11.7 Å². The highest BCUT2D eigenvalue weighted by molar-refractivity contribution is 6.03. The number of benzene rings is 2. The molecule has 0 fully saturated rings. The Morgan fingerprint density at radius 1 is 1.11 bits per heavy atom. The summed E-state index contributed by atoms with van der Waals surface area (Å²) in [5.74, 6) is 0.487. The molecule has 0 radical (unpaired) electrons. The largest absolute Gasteiger partial charge is 0.496 e. The lowest BCUT2D eigenvalue weighted by Crippen LogP contribution is -2.36. The Bertz CT molecular complexity index is 1290. The molecule has 2 aromatic carbocycles. The molecule has 1 atom stereocenters. The van der Waals surface area contributed by atoms with Gasteiger partial charge >= 0.3 is 18.4 Å². The number of methoxy groups -OCH3 is 1. The maximum Gasteiger partial charge on any atom is 0.416 e. The van der Waals surface area contributed by atoms with E-state index in [-0.39, 0.29) is 6.07 Å². The SMILES string of the molecule is CC[C@@H]1OC(C)(C)Cc2c1n(C(=O)Nc1cc(C(F)(F)F)cc(C(F)(F)F)c1)c1cccc(OC)c21. The third kappa shape index (κ3) is 4.63.